The number of carbonyl (C=O) groups is 1. The number of Topliss-reactive ketones (excluding diaryl/α,β-unsaturated/α-hetero) is 1. The molecule has 2 aromatic rings. The number of rotatable bonds is 3. The molecule has 0 saturated heterocycles. The van der Waals surface area contributed by atoms with Crippen LogP contribution in [0, 0.1) is 11.6 Å². The number of hydrogen-bond donors (Lipinski definition) is 1. The highest BCUT2D eigenvalue weighted by Gasteiger charge is 2.13. The number of carbonyl (C=O) groups excluding carboxylic acids is 1. The fraction of sp³-hybridized carbons (Fsp3) is 0.154. The second kappa shape index (κ2) is 5.20. The van der Waals surface area contributed by atoms with Gasteiger partial charge in [-0.25, -0.2) is 13.6 Å². The van der Waals surface area contributed by atoms with E-state index in [4.69, 9.17) is 0 Å². The maximum Gasteiger partial charge on any atom is 0.328 e. The van der Waals surface area contributed by atoms with E-state index in [2.05, 4.69) is 0 Å². The average molecular weight is 280 g/mol. The van der Waals surface area contributed by atoms with Crippen LogP contribution in [0.3, 0.4) is 0 Å². The maximum absolute atomic E-state index is 13.5. The topological polar surface area (TPSA) is 71.9 Å². The van der Waals surface area contributed by atoms with Crippen LogP contribution in [0.1, 0.15) is 22.8 Å². The molecule has 0 aliphatic rings. The van der Waals surface area contributed by atoms with Crippen molar-refractivity contribution in [3.05, 3.63) is 68.0 Å². The predicted molar refractivity (Wildman–Crippen MR) is 66.8 cm³/mol. The molecule has 0 spiro atoms. The maximum atomic E-state index is 13.5. The molecular weight excluding hydrogens is 270 g/mol. The van der Waals surface area contributed by atoms with Crippen molar-refractivity contribution in [2.45, 2.75) is 13.5 Å². The van der Waals surface area contributed by atoms with Crippen LogP contribution in [-0.2, 0) is 6.54 Å². The van der Waals surface area contributed by atoms with Gasteiger partial charge in [0.05, 0.1) is 12.1 Å². The first-order valence-corrected chi connectivity index (χ1v) is 5.67. The first-order valence-electron chi connectivity index (χ1n) is 5.67. The Balaban J connectivity index is 2.55. The number of benzene rings is 1. The molecule has 1 N–H and O–H groups in total. The molecule has 0 aliphatic carbocycles. The van der Waals surface area contributed by atoms with Gasteiger partial charge in [0.1, 0.15) is 11.6 Å². The van der Waals surface area contributed by atoms with Crippen molar-refractivity contribution >= 4 is 5.78 Å². The van der Waals surface area contributed by atoms with Gasteiger partial charge in [-0.15, -0.1) is 0 Å². The third-order valence-corrected chi connectivity index (χ3v) is 2.78. The summed E-state index contributed by atoms with van der Waals surface area (Å²) in [5, 5.41) is 0. The van der Waals surface area contributed by atoms with E-state index >= 15 is 0 Å². The first-order chi connectivity index (χ1) is 9.40. The lowest BCUT2D eigenvalue weighted by molar-refractivity contribution is 0.101. The summed E-state index contributed by atoms with van der Waals surface area (Å²) in [6.45, 7) is 0.734. The molecular formula is C13H10F2N2O3. The van der Waals surface area contributed by atoms with E-state index in [1.54, 1.807) is 0 Å². The third kappa shape index (κ3) is 2.56. The van der Waals surface area contributed by atoms with Crippen molar-refractivity contribution < 1.29 is 13.6 Å². The number of nitrogens with zero attached hydrogens (tertiary/aromatic N) is 1. The zero-order valence-electron chi connectivity index (χ0n) is 10.4. The van der Waals surface area contributed by atoms with Crippen LogP contribution in [0.15, 0.2) is 34.0 Å². The number of hydrogen-bond acceptors (Lipinski definition) is 3. The molecule has 0 unspecified atom stereocenters. The lowest BCUT2D eigenvalue weighted by Gasteiger charge is -2.08. The summed E-state index contributed by atoms with van der Waals surface area (Å²) in [4.78, 5) is 36.1. The van der Waals surface area contributed by atoms with Crippen LogP contribution in [-0.4, -0.2) is 15.3 Å². The van der Waals surface area contributed by atoms with Crippen LogP contribution in [0.5, 0.6) is 0 Å². The van der Waals surface area contributed by atoms with Gasteiger partial charge in [-0.3, -0.25) is 19.1 Å². The average Bonchev–Trinajstić information content (AvgIpc) is 2.35. The van der Waals surface area contributed by atoms with Gasteiger partial charge in [-0.05, 0) is 19.1 Å². The summed E-state index contributed by atoms with van der Waals surface area (Å²) in [6.07, 6.45) is 0.995. The molecule has 0 bridgehead atoms. The summed E-state index contributed by atoms with van der Waals surface area (Å²) < 4.78 is 27.9. The molecule has 1 aromatic heterocycles. The molecule has 20 heavy (non-hydrogen) atoms. The minimum atomic E-state index is -0.845. The fourth-order valence-corrected chi connectivity index (χ4v) is 1.73. The standard InChI is InChI=1S/C13H10F2N2O3/c1-7(18)8-5-17(13(20)16-12(8)19)6-9-10(14)3-2-4-11(9)15/h2-5H,6H2,1H3,(H,16,19,20). The Morgan fingerprint density at radius 2 is 1.85 bits per heavy atom. The minimum absolute atomic E-state index is 0.249. The third-order valence-electron chi connectivity index (χ3n) is 2.78. The number of aromatic amines is 1. The van der Waals surface area contributed by atoms with Gasteiger partial charge in [-0.2, -0.15) is 0 Å². The van der Waals surface area contributed by atoms with Crippen LogP contribution >= 0.6 is 0 Å². The Bertz CT molecular complexity index is 773. The van der Waals surface area contributed by atoms with Gasteiger partial charge in [0.2, 0.25) is 0 Å². The summed E-state index contributed by atoms with van der Waals surface area (Å²) >= 11 is 0. The lowest BCUT2D eigenvalue weighted by atomic mass is 10.2. The summed E-state index contributed by atoms with van der Waals surface area (Å²) in [5.41, 5.74) is -2.24. The second-order valence-corrected chi connectivity index (χ2v) is 4.19. The lowest BCUT2D eigenvalue weighted by Crippen LogP contribution is -2.33. The zero-order valence-corrected chi connectivity index (χ0v) is 10.4. The molecule has 7 heteroatoms. The molecule has 0 atom stereocenters. The first kappa shape index (κ1) is 13.9. The Labute approximate surface area is 111 Å². The van der Waals surface area contributed by atoms with Crippen LogP contribution in [0.25, 0.3) is 0 Å². The van der Waals surface area contributed by atoms with Crippen LogP contribution < -0.4 is 11.2 Å². The van der Waals surface area contributed by atoms with E-state index in [0.29, 0.717) is 0 Å². The van der Waals surface area contributed by atoms with Gasteiger partial charge in [0, 0.05) is 11.8 Å². The highest BCUT2D eigenvalue weighted by atomic mass is 19.1. The van der Waals surface area contributed by atoms with Crippen molar-refractivity contribution in [3.63, 3.8) is 0 Å². The molecule has 0 saturated carbocycles. The summed E-state index contributed by atoms with van der Waals surface area (Å²) in [6, 6.07) is 3.31. The molecule has 1 aromatic carbocycles. The summed E-state index contributed by atoms with van der Waals surface area (Å²) in [7, 11) is 0. The van der Waals surface area contributed by atoms with E-state index in [9.17, 15) is 23.2 Å². The smallest absolute Gasteiger partial charge is 0.295 e. The fourth-order valence-electron chi connectivity index (χ4n) is 1.73. The van der Waals surface area contributed by atoms with Crippen LogP contribution in [0.4, 0.5) is 8.78 Å². The van der Waals surface area contributed by atoms with Crippen molar-refractivity contribution in [3.8, 4) is 0 Å². The normalized spacial score (nSPS) is 10.6. The van der Waals surface area contributed by atoms with Gasteiger partial charge in [0.15, 0.2) is 5.78 Å². The van der Waals surface area contributed by atoms with Gasteiger partial charge in [-0.1, -0.05) is 6.07 Å². The number of aromatic nitrogens is 2. The molecule has 104 valence electrons. The van der Waals surface area contributed by atoms with Crippen molar-refractivity contribution in [1.29, 1.82) is 0 Å². The molecule has 1 heterocycles. The zero-order chi connectivity index (χ0) is 14.9. The quantitative estimate of drug-likeness (QED) is 0.855. The number of H-pyrrole nitrogens is 1. The summed E-state index contributed by atoms with van der Waals surface area (Å²) in [5.74, 6) is -2.17. The van der Waals surface area contributed by atoms with E-state index in [-0.39, 0.29) is 11.1 Å². The predicted octanol–water partition coefficient (Wildman–Crippen LogP) is 1.07. The monoisotopic (exact) mass is 280 g/mol. The van der Waals surface area contributed by atoms with E-state index < -0.39 is 35.2 Å². The van der Waals surface area contributed by atoms with Gasteiger partial charge >= 0.3 is 5.69 Å². The Kier molecular flexibility index (Phi) is 3.60. The SMILES string of the molecule is CC(=O)c1cn(Cc2c(F)cccc2F)c(=O)[nH]c1=O. The highest BCUT2D eigenvalue weighted by Crippen LogP contribution is 2.12. The van der Waals surface area contributed by atoms with Gasteiger partial charge in [0.25, 0.3) is 5.56 Å². The van der Waals surface area contributed by atoms with E-state index in [1.165, 1.54) is 6.07 Å². The Morgan fingerprint density at radius 1 is 1.25 bits per heavy atom. The largest absolute Gasteiger partial charge is 0.328 e. The van der Waals surface area contributed by atoms with Crippen LogP contribution in [0.2, 0.25) is 0 Å². The van der Waals surface area contributed by atoms with Crippen molar-refractivity contribution in [2.24, 2.45) is 0 Å². The number of ketones is 1. The molecule has 5 nitrogen and oxygen atoms in total. The Hall–Kier alpha value is -2.57. The molecule has 0 aliphatic heterocycles. The van der Waals surface area contributed by atoms with Crippen molar-refractivity contribution in [1.82, 2.24) is 9.55 Å². The number of nitrogens with one attached hydrogen (secondary N) is 1. The highest BCUT2D eigenvalue weighted by molar-refractivity contribution is 5.93. The second-order valence-electron chi connectivity index (χ2n) is 4.19. The molecule has 0 fully saturated rings. The van der Waals surface area contributed by atoms with E-state index in [0.717, 1.165) is 29.8 Å². The number of halogens is 2. The minimum Gasteiger partial charge on any atom is -0.295 e. The molecule has 2 rings (SSSR count). The molecule has 0 radical (unpaired) electrons. The van der Waals surface area contributed by atoms with E-state index in [1.807, 2.05) is 4.98 Å². The van der Waals surface area contributed by atoms with Gasteiger partial charge < -0.3 is 0 Å². The molecule has 0 amide bonds. The van der Waals surface area contributed by atoms with Crippen molar-refractivity contribution in [2.75, 3.05) is 0 Å². The Morgan fingerprint density at radius 3 is 2.40 bits per heavy atom.